The van der Waals surface area contributed by atoms with Gasteiger partial charge in [0.2, 0.25) is 5.91 Å². The van der Waals surface area contributed by atoms with Crippen molar-refractivity contribution in [1.82, 2.24) is 9.80 Å². The maximum absolute atomic E-state index is 13.1. The fourth-order valence-corrected chi connectivity index (χ4v) is 5.09. The lowest BCUT2D eigenvalue weighted by Crippen LogP contribution is -2.53. The van der Waals surface area contributed by atoms with Crippen LogP contribution in [0.4, 0.5) is 0 Å². The van der Waals surface area contributed by atoms with Gasteiger partial charge in [-0.1, -0.05) is 6.92 Å². The minimum atomic E-state index is -0.109. The van der Waals surface area contributed by atoms with Gasteiger partial charge in [-0.3, -0.25) is 14.5 Å². The summed E-state index contributed by atoms with van der Waals surface area (Å²) in [7, 11) is 0. The number of likely N-dealkylation sites (tertiary alicyclic amines) is 2. The van der Waals surface area contributed by atoms with Crippen molar-refractivity contribution >= 4 is 11.7 Å². The number of hydrogen-bond acceptors (Lipinski definition) is 5. The standard InChI is InChI=1S/C24H34N2O4/c1-3-20-6-4-5-11-26(20)24(28)17(2)25-12-9-18(10-13-25)23(27)19-7-8-21-22(16-19)30-15-14-29-21/h7-8,16-18,20H,3-6,9-15H2,1-2H3/t17-,20-/m1/s1. The van der Waals surface area contributed by atoms with Crippen LogP contribution in [0.1, 0.15) is 62.7 Å². The van der Waals surface area contributed by atoms with Gasteiger partial charge in [0.05, 0.1) is 6.04 Å². The topological polar surface area (TPSA) is 59.1 Å². The van der Waals surface area contributed by atoms with E-state index in [-0.39, 0.29) is 23.7 Å². The Morgan fingerprint density at radius 3 is 2.50 bits per heavy atom. The van der Waals surface area contributed by atoms with Crippen LogP contribution in [-0.4, -0.2) is 66.4 Å². The minimum absolute atomic E-state index is 0.00416. The van der Waals surface area contributed by atoms with Crippen molar-refractivity contribution in [3.05, 3.63) is 23.8 Å². The highest BCUT2D eigenvalue weighted by Gasteiger charge is 2.34. The lowest BCUT2D eigenvalue weighted by molar-refractivity contribution is -0.140. The number of nitrogens with zero attached hydrogens (tertiary/aromatic N) is 2. The van der Waals surface area contributed by atoms with Crippen molar-refractivity contribution in [2.75, 3.05) is 32.8 Å². The van der Waals surface area contributed by atoms with Crippen LogP contribution in [0, 0.1) is 5.92 Å². The molecule has 3 aliphatic heterocycles. The fourth-order valence-electron chi connectivity index (χ4n) is 5.09. The van der Waals surface area contributed by atoms with Gasteiger partial charge in [0.1, 0.15) is 13.2 Å². The zero-order valence-corrected chi connectivity index (χ0v) is 18.3. The molecule has 0 spiro atoms. The molecule has 6 nitrogen and oxygen atoms in total. The summed E-state index contributed by atoms with van der Waals surface area (Å²) < 4.78 is 11.2. The molecular weight excluding hydrogens is 380 g/mol. The Kier molecular flexibility index (Phi) is 6.61. The number of rotatable bonds is 5. The molecule has 0 unspecified atom stereocenters. The normalized spacial score (nSPS) is 23.8. The summed E-state index contributed by atoms with van der Waals surface area (Å²) in [6.07, 6.45) is 6.08. The first-order chi connectivity index (χ1) is 14.6. The molecule has 4 rings (SSSR count). The largest absolute Gasteiger partial charge is 0.486 e. The van der Waals surface area contributed by atoms with Gasteiger partial charge in [0, 0.05) is 24.1 Å². The van der Waals surface area contributed by atoms with E-state index in [0.29, 0.717) is 36.3 Å². The van der Waals surface area contributed by atoms with E-state index in [2.05, 4.69) is 16.7 Å². The van der Waals surface area contributed by atoms with Crippen molar-refractivity contribution in [1.29, 1.82) is 0 Å². The molecule has 0 radical (unpaired) electrons. The molecule has 3 heterocycles. The molecule has 3 aliphatic rings. The van der Waals surface area contributed by atoms with E-state index in [9.17, 15) is 9.59 Å². The van der Waals surface area contributed by atoms with Gasteiger partial charge in [0.15, 0.2) is 17.3 Å². The van der Waals surface area contributed by atoms with Crippen LogP contribution in [0.3, 0.4) is 0 Å². The number of piperidine rings is 2. The summed E-state index contributed by atoms with van der Waals surface area (Å²) >= 11 is 0. The Bertz CT molecular complexity index is 772. The number of benzene rings is 1. The number of hydrogen-bond donors (Lipinski definition) is 0. The first-order valence-electron chi connectivity index (χ1n) is 11.6. The number of carbonyl (C=O) groups is 2. The number of Topliss-reactive ketones (excluding diaryl/α,β-unsaturated/α-hetero) is 1. The first kappa shape index (κ1) is 21.2. The highest BCUT2D eigenvalue weighted by Crippen LogP contribution is 2.33. The second-order valence-corrected chi connectivity index (χ2v) is 8.80. The Balaban J connectivity index is 1.34. The van der Waals surface area contributed by atoms with Crippen molar-refractivity contribution < 1.29 is 19.1 Å². The minimum Gasteiger partial charge on any atom is -0.486 e. The highest BCUT2D eigenvalue weighted by molar-refractivity contribution is 5.98. The summed E-state index contributed by atoms with van der Waals surface area (Å²) in [4.78, 5) is 30.5. The zero-order valence-electron chi connectivity index (χ0n) is 18.3. The van der Waals surface area contributed by atoms with Crippen LogP contribution in [0.5, 0.6) is 11.5 Å². The maximum atomic E-state index is 13.1. The van der Waals surface area contributed by atoms with Gasteiger partial charge in [-0.15, -0.1) is 0 Å². The van der Waals surface area contributed by atoms with Crippen molar-refractivity contribution in [3.63, 3.8) is 0 Å². The molecule has 2 atom stereocenters. The first-order valence-corrected chi connectivity index (χ1v) is 11.6. The third kappa shape index (κ3) is 4.34. The summed E-state index contributed by atoms with van der Waals surface area (Å²) in [6.45, 7) is 7.75. The smallest absolute Gasteiger partial charge is 0.239 e. The zero-order chi connectivity index (χ0) is 21.1. The molecule has 2 saturated heterocycles. The summed E-state index contributed by atoms with van der Waals surface area (Å²) in [6, 6.07) is 5.78. The van der Waals surface area contributed by atoms with Gasteiger partial charge in [-0.2, -0.15) is 0 Å². The van der Waals surface area contributed by atoms with Gasteiger partial charge >= 0.3 is 0 Å². The van der Waals surface area contributed by atoms with E-state index in [4.69, 9.17) is 9.47 Å². The molecule has 0 aliphatic carbocycles. The SMILES string of the molecule is CC[C@@H]1CCCCN1C(=O)[C@@H](C)N1CCC(C(=O)c2ccc3c(c2)OCCO3)CC1. The molecule has 6 heteroatoms. The quantitative estimate of drug-likeness (QED) is 0.690. The summed E-state index contributed by atoms with van der Waals surface area (Å²) in [5, 5.41) is 0. The van der Waals surface area contributed by atoms with E-state index in [0.717, 1.165) is 51.7 Å². The molecule has 2 fully saturated rings. The van der Waals surface area contributed by atoms with Gasteiger partial charge in [0.25, 0.3) is 0 Å². The van der Waals surface area contributed by atoms with Crippen LogP contribution in [0.2, 0.25) is 0 Å². The van der Waals surface area contributed by atoms with Crippen LogP contribution in [0.15, 0.2) is 18.2 Å². The monoisotopic (exact) mass is 414 g/mol. The van der Waals surface area contributed by atoms with Gasteiger partial charge in [-0.05, 0) is 76.7 Å². The molecule has 164 valence electrons. The predicted octanol–water partition coefficient (Wildman–Crippen LogP) is 3.53. The number of ketones is 1. The van der Waals surface area contributed by atoms with E-state index in [1.54, 1.807) is 0 Å². The molecule has 1 aromatic rings. The average molecular weight is 415 g/mol. The van der Waals surface area contributed by atoms with Gasteiger partial charge < -0.3 is 14.4 Å². The van der Waals surface area contributed by atoms with Gasteiger partial charge in [-0.25, -0.2) is 0 Å². The molecule has 30 heavy (non-hydrogen) atoms. The Morgan fingerprint density at radius 1 is 1.03 bits per heavy atom. The number of fused-ring (bicyclic) bond motifs is 1. The second-order valence-electron chi connectivity index (χ2n) is 8.80. The maximum Gasteiger partial charge on any atom is 0.239 e. The summed E-state index contributed by atoms with van der Waals surface area (Å²) in [5.41, 5.74) is 0.695. The third-order valence-electron chi connectivity index (χ3n) is 7.01. The van der Waals surface area contributed by atoms with E-state index in [1.807, 2.05) is 25.1 Å². The highest BCUT2D eigenvalue weighted by atomic mass is 16.6. The average Bonchev–Trinajstić information content (AvgIpc) is 2.82. The van der Waals surface area contributed by atoms with Crippen LogP contribution < -0.4 is 9.47 Å². The lowest BCUT2D eigenvalue weighted by atomic mass is 9.88. The molecule has 0 N–H and O–H groups in total. The summed E-state index contributed by atoms with van der Waals surface area (Å²) in [5.74, 6) is 1.81. The molecule has 0 saturated carbocycles. The molecule has 0 bridgehead atoms. The number of ether oxygens (including phenoxy) is 2. The van der Waals surface area contributed by atoms with Crippen molar-refractivity contribution in [3.8, 4) is 11.5 Å². The van der Waals surface area contributed by atoms with Crippen LogP contribution in [-0.2, 0) is 4.79 Å². The third-order valence-corrected chi connectivity index (χ3v) is 7.01. The van der Waals surface area contributed by atoms with E-state index < -0.39 is 0 Å². The Labute approximate surface area is 179 Å². The number of carbonyl (C=O) groups excluding carboxylic acids is 2. The predicted molar refractivity (Wildman–Crippen MR) is 115 cm³/mol. The lowest BCUT2D eigenvalue weighted by Gasteiger charge is -2.41. The molecule has 1 aromatic carbocycles. The van der Waals surface area contributed by atoms with Crippen LogP contribution >= 0.6 is 0 Å². The van der Waals surface area contributed by atoms with Crippen LogP contribution in [0.25, 0.3) is 0 Å². The Morgan fingerprint density at radius 2 is 1.77 bits per heavy atom. The fraction of sp³-hybridized carbons (Fsp3) is 0.667. The van der Waals surface area contributed by atoms with Crippen molar-refractivity contribution in [2.45, 2.75) is 64.5 Å². The second kappa shape index (κ2) is 9.38. The van der Waals surface area contributed by atoms with Crippen molar-refractivity contribution in [2.24, 2.45) is 5.92 Å². The molecular formula is C24H34N2O4. The Hall–Kier alpha value is -2.08. The van der Waals surface area contributed by atoms with E-state index in [1.165, 1.54) is 6.42 Å². The molecule has 0 aromatic heterocycles. The number of amides is 1. The van der Waals surface area contributed by atoms with E-state index >= 15 is 0 Å². The molecule has 1 amide bonds.